The van der Waals surface area contributed by atoms with E-state index in [0.717, 1.165) is 68.1 Å². The van der Waals surface area contributed by atoms with Crippen molar-refractivity contribution in [3.63, 3.8) is 0 Å². The fraction of sp³-hybridized carbons (Fsp3) is 0.480. The Kier molecular flexibility index (Phi) is 6.82. The minimum atomic E-state index is 0. The number of hydrogen-bond donors (Lipinski definition) is 2. The zero-order valence-electron chi connectivity index (χ0n) is 18.7. The molecule has 2 heterocycles. The maximum atomic E-state index is 11.9. The largest absolute Gasteiger partial charge is 0.493 e. The molecular weight excluding hydrogens is 426 g/mol. The highest BCUT2D eigenvalue weighted by Crippen LogP contribution is 2.42. The number of ether oxygens (including phenoxy) is 2. The SMILES string of the molecule is COc1cc2c(cc1OC)C1CC(Nc3ccc(NC(=O)C4CC4)cc3)CCN1CC2.Cl. The fourth-order valence-electron chi connectivity index (χ4n) is 4.94. The maximum absolute atomic E-state index is 11.9. The van der Waals surface area contributed by atoms with Crippen LogP contribution in [0.4, 0.5) is 11.4 Å². The van der Waals surface area contributed by atoms with Crippen molar-refractivity contribution in [2.75, 3.05) is 37.9 Å². The molecule has 2 fully saturated rings. The van der Waals surface area contributed by atoms with Crippen molar-refractivity contribution in [2.45, 2.75) is 44.2 Å². The molecule has 0 bridgehead atoms. The van der Waals surface area contributed by atoms with Crippen molar-refractivity contribution in [1.82, 2.24) is 4.90 Å². The summed E-state index contributed by atoms with van der Waals surface area (Å²) in [5, 5.41) is 6.72. The van der Waals surface area contributed by atoms with Gasteiger partial charge < -0.3 is 20.1 Å². The quantitative estimate of drug-likeness (QED) is 0.661. The summed E-state index contributed by atoms with van der Waals surface area (Å²) in [5.74, 6) is 1.99. The molecule has 2 aromatic carbocycles. The van der Waals surface area contributed by atoms with E-state index in [9.17, 15) is 4.79 Å². The Balaban J connectivity index is 0.00000245. The van der Waals surface area contributed by atoms with Gasteiger partial charge in [-0.1, -0.05) is 0 Å². The summed E-state index contributed by atoms with van der Waals surface area (Å²) in [6, 6.07) is 13.2. The van der Waals surface area contributed by atoms with Crippen molar-refractivity contribution < 1.29 is 14.3 Å². The molecule has 2 atom stereocenters. The van der Waals surface area contributed by atoms with E-state index in [1.165, 1.54) is 11.1 Å². The summed E-state index contributed by atoms with van der Waals surface area (Å²) in [6.07, 6.45) is 5.28. The first-order chi connectivity index (χ1) is 15.1. The van der Waals surface area contributed by atoms with Crippen LogP contribution in [0.5, 0.6) is 11.5 Å². The van der Waals surface area contributed by atoms with Crippen LogP contribution < -0.4 is 20.1 Å². The van der Waals surface area contributed by atoms with Gasteiger partial charge in [-0.3, -0.25) is 9.69 Å². The fourth-order valence-corrected chi connectivity index (χ4v) is 4.94. The van der Waals surface area contributed by atoms with E-state index in [1.54, 1.807) is 14.2 Å². The molecule has 3 aliphatic rings. The highest BCUT2D eigenvalue weighted by atomic mass is 35.5. The first kappa shape index (κ1) is 22.7. The summed E-state index contributed by atoms with van der Waals surface area (Å²) in [6.45, 7) is 2.18. The number of amides is 1. The number of hydrogen-bond acceptors (Lipinski definition) is 5. The number of nitrogens with one attached hydrogen (secondary N) is 2. The molecule has 6 nitrogen and oxygen atoms in total. The van der Waals surface area contributed by atoms with Crippen LogP contribution in [-0.4, -0.2) is 44.2 Å². The summed E-state index contributed by atoms with van der Waals surface area (Å²) in [5.41, 5.74) is 4.72. The van der Waals surface area contributed by atoms with Gasteiger partial charge in [-0.05, 0) is 79.6 Å². The van der Waals surface area contributed by atoms with Gasteiger partial charge >= 0.3 is 0 Å². The third kappa shape index (κ3) is 4.66. The number of anilines is 2. The van der Waals surface area contributed by atoms with Gasteiger partial charge in [-0.25, -0.2) is 0 Å². The van der Waals surface area contributed by atoms with E-state index in [1.807, 2.05) is 12.1 Å². The number of methoxy groups -OCH3 is 2. The normalized spacial score (nSPS) is 22.1. The number of benzene rings is 2. The average molecular weight is 458 g/mol. The second-order valence-corrected chi connectivity index (χ2v) is 8.91. The number of piperidine rings is 1. The number of carbonyl (C=O) groups excluding carboxylic acids is 1. The second kappa shape index (κ2) is 9.59. The first-order valence-corrected chi connectivity index (χ1v) is 11.3. The Bertz CT molecular complexity index is 962. The van der Waals surface area contributed by atoms with Crippen LogP contribution >= 0.6 is 12.4 Å². The van der Waals surface area contributed by atoms with Crippen molar-refractivity contribution >= 4 is 29.7 Å². The van der Waals surface area contributed by atoms with E-state index >= 15 is 0 Å². The summed E-state index contributed by atoms with van der Waals surface area (Å²) in [4.78, 5) is 14.5. The van der Waals surface area contributed by atoms with Crippen LogP contribution in [0, 0.1) is 5.92 Å². The van der Waals surface area contributed by atoms with Crippen LogP contribution in [0.3, 0.4) is 0 Å². The molecule has 0 spiro atoms. The molecule has 32 heavy (non-hydrogen) atoms. The van der Waals surface area contributed by atoms with Crippen LogP contribution in [0.25, 0.3) is 0 Å². The number of fused-ring (bicyclic) bond motifs is 3. The van der Waals surface area contributed by atoms with Crippen molar-refractivity contribution in [3.8, 4) is 11.5 Å². The molecule has 1 aliphatic carbocycles. The van der Waals surface area contributed by atoms with Gasteiger partial charge in [0.05, 0.1) is 14.2 Å². The molecule has 2 aliphatic heterocycles. The standard InChI is InChI=1S/C25H31N3O3.ClH/c1-30-23-13-17-9-11-28-12-10-20(14-22(28)21(17)15-24(23)31-2)26-18-5-7-19(8-6-18)27-25(29)16-3-4-16;/h5-8,13,15-16,20,22,26H,3-4,9-12,14H2,1-2H3,(H,27,29);1H. The van der Waals surface area contributed by atoms with Gasteiger partial charge in [0, 0.05) is 42.5 Å². The second-order valence-electron chi connectivity index (χ2n) is 8.91. The smallest absolute Gasteiger partial charge is 0.227 e. The molecule has 5 rings (SSSR count). The summed E-state index contributed by atoms with van der Waals surface area (Å²) in [7, 11) is 3.40. The lowest BCUT2D eigenvalue weighted by Gasteiger charge is -2.44. The zero-order valence-corrected chi connectivity index (χ0v) is 19.5. The topological polar surface area (TPSA) is 62.8 Å². The lowest BCUT2D eigenvalue weighted by molar-refractivity contribution is -0.117. The number of halogens is 1. The molecule has 1 saturated heterocycles. The predicted octanol–water partition coefficient (Wildman–Crippen LogP) is 4.65. The lowest BCUT2D eigenvalue weighted by Crippen LogP contribution is -2.44. The van der Waals surface area contributed by atoms with E-state index in [0.29, 0.717) is 12.1 Å². The third-order valence-corrected chi connectivity index (χ3v) is 6.86. The molecule has 172 valence electrons. The molecule has 7 heteroatoms. The van der Waals surface area contributed by atoms with Gasteiger partial charge in [0.15, 0.2) is 11.5 Å². The maximum Gasteiger partial charge on any atom is 0.227 e. The van der Waals surface area contributed by atoms with E-state index in [-0.39, 0.29) is 24.2 Å². The highest BCUT2D eigenvalue weighted by molar-refractivity contribution is 5.94. The molecule has 1 amide bonds. The minimum absolute atomic E-state index is 0. The number of rotatable bonds is 6. The van der Waals surface area contributed by atoms with Gasteiger partial charge in [0.2, 0.25) is 5.91 Å². The third-order valence-electron chi connectivity index (χ3n) is 6.86. The Morgan fingerprint density at radius 3 is 2.34 bits per heavy atom. The van der Waals surface area contributed by atoms with Crippen LogP contribution in [0.1, 0.15) is 42.9 Å². The number of carbonyl (C=O) groups is 1. The minimum Gasteiger partial charge on any atom is -0.493 e. The summed E-state index contributed by atoms with van der Waals surface area (Å²) >= 11 is 0. The predicted molar refractivity (Wildman–Crippen MR) is 129 cm³/mol. The van der Waals surface area contributed by atoms with Gasteiger partial charge in [0.25, 0.3) is 0 Å². The average Bonchev–Trinajstić information content (AvgIpc) is 3.65. The highest BCUT2D eigenvalue weighted by Gasteiger charge is 2.34. The molecule has 0 aromatic heterocycles. The van der Waals surface area contributed by atoms with E-state index in [4.69, 9.17) is 9.47 Å². The molecule has 1 saturated carbocycles. The van der Waals surface area contributed by atoms with Crippen LogP contribution in [0.15, 0.2) is 36.4 Å². The van der Waals surface area contributed by atoms with Gasteiger partial charge in [-0.2, -0.15) is 0 Å². The summed E-state index contributed by atoms with van der Waals surface area (Å²) < 4.78 is 11.1. The Morgan fingerprint density at radius 2 is 1.66 bits per heavy atom. The Labute approximate surface area is 196 Å². The van der Waals surface area contributed by atoms with Crippen molar-refractivity contribution in [3.05, 3.63) is 47.5 Å². The first-order valence-electron chi connectivity index (χ1n) is 11.3. The monoisotopic (exact) mass is 457 g/mol. The molecule has 2 unspecified atom stereocenters. The zero-order chi connectivity index (χ0) is 21.4. The van der Waals surface area contributed by atoms with Crippen LogP contribution in [-0.2, 0) is 11.2 Å². The molecule has 2 N–H and O–H groups in total. The van der Waals surface area contributed by atoms with Crippen LogP contribution in [0.2, 0.25) is 0 Å². The Morgan fingerprint density at radius 1 is 0.969 bits per heavy atom. The lowest BCUT2D eigenvalue weighted by atomic mass is 9.84. The molecular formula is C25H32ClN3O3. The van der Waals surface area contributed by atoms with E-state index in [2.05, 4.69) is 39.8 Å². The van der Waals surface area contributed by atoms with Crippen molar-refractivity contribution in [1.29, 1.82) is 0 Å². The van der Waals surface area contributed by atoms with Gasteiger partial charge in [-0.15, -0.1) is 12.4 Å². The Hall–Kier alpha value is -2.44. The molecule has 0 radical (unpaired) electrons. The van der Waals surface area contributed by atoms with Gasteiger partial charge in [0.1, 0.15) is 0 Å². The number of nitrogens with zero attached hydrogens (tertiary/aromatic N) is 1. The van der Waals surface area contributed by atoms with Crippen molar-refractivity contribution in [2.24, 2.45) is 5.92 Å². The van der Waals surface area contributed by atoms with E-state index < -0.39 is 0 Å². The molecule has 2 aromatic rings.